The standard InChI is InChI=1S/C57H88N2O16/c1-32-17-15-13-11-9-7-5-6-8-10-12-14-16-18-43(74-56-54(69)50(58)53(68)35(4)73-56)29-47-49(55(70)59-51-38-22-36-21-37(24-38)25-39(51)23-36)46(65)31-57(71,75-47)30-45(64)44(63)20-19-40(60)26-41(61)27-42(62)28-48(66)72-34(3)33(2)52(32)67/h5-18,32-47,49-54,56,60-65,67-69,71H,19-31,58H2,1-4H3,(H,59,70)/b6-5+,9-7+,10-8+,13-11+,14-12+,17-15+,18-16+/t32-,33-,34-,35+,36?,37?,38?,39?,40?,41?,42?,43-,44+,45+,46-,47-,49+,50-,51?,52+,53+,54-,56?,57+/m0/s1. The van der Waals surface area contributed by atoms with Crippen LogP contribution in [0.1, 0.15) is 111 Å². The SMILES string of the molecule is C[C@@H]1[C@H](O)[C@@H](C)/C=C/C=C/C=C/C=C/C=C/C=C/C=C/[C@H](OC2O[C@H](C)[C@@H](O)[C@H](N)[C@@H]2O)C[C@@H]2O[C@](O)(C[C@@H](O)[C@H](O)CCC(O)CC(O)CC(O)CC(=O)O[C@H]1C)C[C@H](O)[C@H]2C(=O)NC1C2CC3CC(C2)CC1C3. The number of carbonyl (C=O) groups is 2. The van der Waals surface area contributed by atoms with Gasteiger partial charge >= 0.3 is 5.97 Å². The number of amides is 1. The molecular weight excluding hydrogens is 969 g/mol. The Kier molecular flexibility index (Phi) is 23.1. The number of rotatable bonds is 4. The number of ether oxygens (including phenoxy) is 4. The van der Waals surface area contributed by atoms with Crippen LogP contribution in [0.3, 0.4) is 0 Å². The first-order valence-electron chi connectivity index (χ1n) is 27.4. The summed E-state index contributed by atoms with van der Waals surface area (Å²) in [5, 5.41) is 115. The van der Waals surface area contributed by atoms with E-state index in [0.29, 0.717) is 23.7 Å². The molecule has 0 spiro atoms. The van der Waals surface area contributed by atoms with Gasteiger partial charge in [-0.1, -0.05) is 98.9 Å². The third-order valence-electron chi connectivity index (χ3n) is 16.6. The Bertz CT molecular complexity index is 2000. The maximum atomic E-state index is 14.6. The minimum absolute atomic E-state index is 0.0845. The minimum atomic E-state index is -2.28. The number of cyclic esters (lactones) is 1. The fourth-order valence-corrected chi connectivity index (χ4v) is 12.4. The first-order valence-corrected chi connectivity index (χ1v) is 27.4. The van der Waals surface area contributed by atoms with Gasteiger partial charge in [0.15, 0.2) is 12.1 Å². The number of nitrogens with one attached hydrogen (secondary N) is 1. The zero-order valence-electron chi connectivity index (χ0n) is 44.1. The summed E-state index contributed by atoms with van der Waals surface area (Å²) in [5.74, 6) is -3.49. The number of aliphatic hydroxyl groups excluding tert-OH is 9. The molecule has 6 bridgehead atoms. The first-order chi connectivity index (χ1) is 35.6. The van der Waals surface area contributed by atoms with Crippen molar-refractivity contribution >= 4 is 11.9 Å². The van der Waals surface area contributed by atoms with E-state index in [1.54, 1.807) is 51.2 Å². The molecule has 0 aromatic heterocycles. The Morgan fingerprint density at radius 1 is 0.627 bits per heavy atom. The topological polar surface area (TPSA) is 311 Å². The number of esters is 1. The maximum absolute atomic E-state index is 14.6. The molecule has 1 amide bonds. The van der Waals surface area contributed by atoms with Crippen molar-refractivity contribution in [1.82, 2.24) is 5.32 Å². The molecule has 18 nitrogen and oxygen atoms in total. The molecule has 4 aliphatic carbocycles. The van der Waals surface area contributed by atoms with Gasteiger partial charge in [0, 0.05) is 37.1 Å². The molecule has 7 rings (SSSR count). The summed E-state index contributed by atoms with van der Waals surface area (Å²) in [6, 6.07) is -1.20. The number of carbonyl (C=O) groups excluding carboxylic acids is 2. The van der Waals surface area contributed by atoms with Gasteiger partial charge in [0.2, 0.25) is 5.91 Å². The molecule has 13 N–H and O–H groups in total. The number of nitrogens with two attached hydrogens (primary N) is 1. The summed E-state index contributed by atoms with van der Waals surface area (Å²) in [7, 11) is 0. The summed E-state index contributed by atoms with van der Waals surface area (Å²) in [4.78, 5) is 27.3. The van der Waals surface area contributed by atoms with Crippen molar-refractivity contribution in [2.45, 2.75) is 215 Å². The van der Waals surface area contributed by atoms with E-state index in [0.717, 1.165) is 25.7 Å². The molecule has 3 aliphatic heterocycles. The van der Waals surface area contributed by atoms with Crippen LogP contribution in [0.4, 0.5) is 0 Å². The molecule has 7 aliphatic rings. The highest BCUT2D eigenvalue weighted by atomic mass is 16.7. The van der Waals surface area contributed by atoms with Crippen molar-refractivity contribution in [3.63, 3.8) is 0 Å². The fourth-order valence-electron chi connectivity index (χ4n) is 12.4. The van der Waals surface area contributed by atoms with Crippen LogP contribution in [-0.2, 0) is 28.5 Å². The highest BCUT2D eigenvalue weighted by molar-refractivity contribution is 5.80. The number of hydrogen-bond donors (Lipinski definition) is 12. The molecule has 75 heavy (non-hydrogen) atoms. The highest BCUT2D eigenvalue weighted by Gasteiger charge is 2.54. The quantitative estimate of drug-likeness (QED) is 0.180. The van der Waals surface area contributed by atoms with Crippen LogP contribution < -0.4 is 11.1 Å². The van der Waals surface area contributed by atoms with Gasteiger partial charge in [0.1, 0.15) is 12.2 Å². The Labute approximate surface area is 442 Å². The summed E-state index contributed by atoms with van der Waals surface area (Å²) in [6.07, 6.45) is 10.9. The normalized spacial score (nSPS) is 48.3. The zero-order chi connectivity index (χ0) is 54.6. The average molecular weight is 1060 g/mol. The second-order valence-corrected chi connectivity index (χ2v) is 22.7. The summed E-state index contributed by atoms with van der Waals surface area (Å²) >= 11 is 0. The van der Waals surface area contributed by atoms with Gasteiger partial charge in [-0.3, -0.25) is 9.59 Å². The van der Waals surface area contributed by atoms with Crippen LogP contribution in [0.5, 0.6) is 0 Å². The van der Waals surface area contributed by atoms with E-state index < -0.39 is 140 Å². The Morgan fingerprint density at radius 3 is 1.77 bits per heavy atom. The number of allylic oxidation sites excluding steroid dienone is 12. The first kappa shape index (κ1) is 60.8. The maximum Gasteiger partial charge on any atom is 0.308 e. The molecule has 2 saturated heterocycles. The van der Waals surface area contributed by atoms with Crippen LogP contribution in [0.15, 0.2) is 85.1 Å². The van der Waals surface area contributed by atoms with E-state index in [2.05, 4.69) is 5.32 Å². The molecule has 422 valence electrons. The van der Waals surface area contributed by atoms with E-state index in [1.807, 2.05) is 61.6 Å². The smallest absolute Gasteiger partial charge is 0.308 e. The molecule has 0 aromatic carbocycles. The van der Waals surface area contributed by atoms with Crippen molar-refractivity contribution < 1.29 is 79.6 Å². The van der Waals surface area contributed by atoms with Gasteiger partial charge in [-0.15, -0.1) is 0 Å². The molecule has 0 radical (unpaired) electrons. The Balaban J connectivity index is 1.23. The van der Waals surface area contributed by atoms with Crippen LogP contribution in [0.2, 0.25) is 0 Å². The Hall–Kier alpha value is -3.44. The minimum Gasteiger partial charge on any atom is -0.462 e. The van der Waals surface area contributed by atoms with Crippen molar-refractivity contribution in [2.75, 3.05) is 0 Å². The van der Waals surface area contributed by atoms with Crippen molar-refractivity contribution in [1.29, 1.82) is 0 Å². The van der Waals surface area contributed by atoms with Crippen LogP contribution >= 0.6 is 0 Å². The predicted octanol–water partition coefficient (Wildman–Crippen LogP) is 2.57. The van der Waals surface area contributed by atoms with Gasteiger partial charge in [-0.25, -0.2) is 0 Å². The summed E-state index contributed by atoms with van der Waals surface area (Å²) in [6.45, 7) is 6.85. The number of fused-ring (bicyclic) bond motifs is 2. The van der Waals surface area contributed by atoms with Crippen LogP contribution in [0.25, 0.3) is 0 Å². The summed E-state index contributed by atoms with van der Waals surface area (Å²) in [5.41, 5.74) is 6.18. The van der Waals surface area contributed by atoms with E-state index >= 15 is 0 Å². The van der Waals surface area contributed by atoms with E-state index in [4.69, 9.17) is 24.7 Å². The van der Waals surface area contributed by atoms with Crippen molar-refractivity contribution in [3.8, 4) is 0 Å². The third-order valence-corrected chi connectivity index (χ3v) is 16.6. The van der Waals surface area contributed by atoms with Gasteiger partial charge in [-0.2, -0.15) is 0 Å². The lowest BCUT2D eigenvalue weighted by Gasteiger charge is -2.55. The van der Waals surface area contributed by atoms with E-state index in [9.17, 15) is 60.7 Å². The second kappa shape index (κ2) is 28.4. The lowest BCUT2D eigenvalue weighted by molar-refractivity contribution is -0.308. The average Bonchev–Trinajstić information content (AvgIpc) is 3.34. The lowest BCUT2D eigenvalue weighted by atomic mass is 9.54. The molecule has 4 saturated carbocycles. The fraction of sp³-hybridized carbons (Fsp3) is 0.719. The number of aliphatic hydroxyl groups is 10. The molecular formula is C57H88N2O16. The van der Waals surface area contributed by atoms with Crippen molar-refractivity contribution in [3.05, 3.63) is 85.1 Å². The van der Waals surface area contributed by atoms with Gasteiger partial charge in [-0.05, 0) is 95.3 Å². The third kappa shape index (κ3) is 17.5. The molecule has 3 heterocycles. The highest BCUT2D eigenvalue weighted by Crippen LogP contribution is 2.54. The summed E-state index contributed by atoms with van der Waals surface area (Å²) < 4.78 is 24.1. The van der Waals surface area contributed by atoms with Crippen molar-refractivity contribution in [2.24, 2.45) is 47.2 Å². The van der Waals surface area contributed by atoms with E-state index in [1.165, 1.54) is 6.42 Å². The predicted molar refractivity (Wildman–Crippen MR) is 278 cm³/mol. The number of hydrogen-bond acceptors (Lipinski definition) is 17. The molecule has 6 fully saturated rings. The van der Waals surface area contributed by atoms with Crippen LogP contribution in [-0.4, -0.2) is 166 Å². The van der Waals surface area contributed by atoms with Gasteiger partial charge < -0.3 is 81.1 Å². The lowest BCUT2D eigenvalue weighted by Crippen LogP contribution is -2.62. The van der Waals surface area contributed by atoms with Gasteiger partial charge in [0.05, 0.1) is 85.5 Å². The molecule has 18 heteroatoms. The molecule has 4 unspecified atom stereocenters. The molecule has 0 aromatic rings. The van der Waals surface area contributed by atoms with E-state index in [-0.39, 0.29) is 44.1 Å². The largest absolute Gasteiger partial charge is 0.462 e. The van der Waals surface area contributed by atoms with Crippen LogP contribution in [0, 0.1) is 41.4 Å². The zero-order valence-corrected chi connectivity index (χ0v) is 44.1. The second-order valence-electron chi connectivity index (χ2n) is 22.7. The monoisotopic (exact) mass is 1060 g/mol. The van der Waals surface area contributed by atoms with Gasteiger partial charge in [0.25, 0.3) is 0 Å². The Morgan fingerprint density at radius 2 is 1.17 bits per heavy atom. The molecule has 19 atom stereocenters.